The molecule has 1 heterocycles. The SMILES string of the molecule is CCCCCCCCOc1ccc(C2(c3ccc(O)cc3O)NC(c3ccc(C)cc3C)(c3ccc(C)cc3C)NC(c3ccc(C)cc3C)(c3ccc(C)cc3C)N2)c(O)c1. The minimum atomic E-state index is -1.58. The Balaban J connectivity index is 1.60. The summed E-state index contributed by atoms with van der Waals surface area (Å²) >= 11 is 0. The van der Waals surface area contributed by atoms with Crippen molar-refractivity contribution in [1.82, 2.24) is 16.0 Å². The van der Waals surface area contributed by atoms with Crippen molar-refractivity contribution in [2.24, 2.45) is 0 Å². The molecule has 324 valence electrons. The maximum absolute atomic E-state index is 12.6. The van der Waals surface area contributed by atoms with Crippen LogP contribution in [-0.4, -0.2) is 21.9 Å². The van der Waals surface area contributed by atoms with Crippen LogP contribution >= 0.6 is 0 Å². The molecule has 0 amide bonds. The molecule has 0 aliphatic carbocycles. The minimum absolute atomic E-state index is 0.0230. The third kappa shape index (κ3) is 8.46. The lowest BCUT2D eigenvalue weighted by Gasteiger charge is -2.60. The Hall–Kier alpha value is -5.60. The molecule has 1 aliphatic rings. The van der Waals surface area contributed by atoms with Gasteiger partial charge in [0.1, 0.15) is 40.0 Å². The second-order valence-electron chi connectivity index (χ2n) is 17.9. The summed E-state index contributed by atoms with van der Waals surface area (Å²) in [6.07, 6.45) is 6.87. The summed E-state index contributed by atoms with van der Waals surface area (Å²) in [5.74, 6) is 0.303. The number of benzene rings is 6. The number of nitrogens with one attached hydrogen (secondary N) is 3. The first-order chi connectivity index (χ1) is 29.6. The second kappa shape index (κ2) is 18.0. The highest BCUT2D eigenvalue weighted by Crippen LogP contribution is 2.52. The van der Waals surface area contributed by atoms with Crippen LogP contribution in [0, 0.1) is 55.4 Å². The Morgan fingerprint density at radius 2 is 0.758 bits per heavy atom. The molecule has 1 fully saturated rings. The number of hydrogen-bond acceptors (Lipinski definition) is 7. The van der Waals surface area contributed by atoms with Crippen molar-refractivity contribution in [3.05, 3.63) is 187 Å². The Morgan fingerprint density at radius 3 is 1.15 bits per heavy atom. The maximum atomic E-state index is 12.6. The molecule has 0 unspecified atom stereocenters. The lowest BCUT2D eigenvalue weighted by atomic mass is 9.73. The van der Waals surface area contributed by atoms with E-state index < -0.39 is 17.0 Å². The minimum Gasteiger partial charge on any atom is -0.508 e. The molecule has 0 radical (unpaired) electrons. The largest absolute Gasteiger partial charge is 0.508 e. The molecule has 0 spiro atoms. The van der Waals surface area contributed by atoms with Crippen LogP contribution in [0.3, 0.4) is 0 Å². The van der Waals surface area contributed by atoms with Crippen molar-refractivity contribution in [1.29, 1.82) is 0 Å². The van der Waals surface area contributed by atoms with Gasteiger partial charge in [0.15, 0.2) is 0 Å². The summed E-state index contributed by atoms with van der Waals surface area (Å²) in [5, 5.41) is 48.3. The van der Waals surface area contributed by atoms with Gasteiger partial charge in [-0.05, 0) is 131 Å². The fraction of sp³-hybridized carbons (Fsp3) is 0.345. The van der Waals surface area contributed by atoms with Crippen LogP contribution in [0.4, 0.5) is 0 Å². The van der Waals surface area contributed by atoms with E-state index in [1.54, 1.807) is 18.2 Å². The highest BCUT2D eigenvalue weighted by Gasteiger charge is 2.60. The van der Waals surface area contributed by atoms with E-state index in [0.29, 0.717) is 23.5 Å². The summed E-state index contributed by atoms with van der Waals surface area (Å²) in [5.41, 5.74) is 9.43. The first-order valence-electron chi connectivity index (χ1n) is 22.3. The first kappa shape index (κ1) is 44.5. The standard InChI is InChI=1S/C55H65N3O4/c1-10-11-12-13-14-15-28-62-44-21-27-50(52(61)34-44)55(49-26-20-43(59)33-51(49)60)57-53(45-22-16-35(2)29-39(45)6,46-23-17-36(3)30-40(46)7)56-54(58-55,47-24-18-37(4)31-41(47)8)48-25-19-38(5)32-42(48)9/h16-27,29-34,56-61H,10-15,28H2,1-9H3. The molecular weight excluding hydrogens is 767 g/mol. The fourth-order valence-electron chi connectivity index (χ4n) is 9.95. The summed E-state index contributed by atoms with van der Waals surface area (Å²) in [6, 6.07) is 36.3. The number of phenolic OH excluding ortho intramolecular Hbond substituents is 3. The molecule has 0 atom stereocenters. The van der Waals surface area contributed by atoms with Gasteiger partial charge in [-0.3, -0.25) is 16.0 Å². The topological polar surface area (TPSA) is 106 Å². The van der Waals surface area contributed by atoms with Gasteiger partial charge in [-0.15, -0.1) is 0 Å². The van der Waals surface area contributed by atoms with E-state index in [9.17, 15) is 15.3 Å². The van der Waals surface area contributed by atoms with Gasteiger partial charge in [0.2, 0.25) is 0 Å². The monoisotopic (exact) mass is 831 g/mol. The van der Waals surface area contributed by atoms with Crippen LogP contribution < -0.4 is 20.7 Å². The number of hydrogen-bond donors (Lipinski definition) is 6. The zero-order chi connectivity index (χ0) is 44.4. The summed E-state index contributed by atoms with van der Waals surface area (Å²) in [6.45, 7) is 19.7. The Morgan fingerprint density at radius 1 is 0.403 bits per heavy atom. The number of aryl methyl sites for hydroxylation is 8. The van der Waals surface area contributed by atoms with Crippen molar-refractivity contribution in [3.8, 4) is 23.0 Å². The van der Waals surface area contributed by atoms with Crippen LogP contribution in [0.2, 0.25) is 0 Å². The Bertz CT molecular complexity index is 2360. The van der Waals surface area contributed by atoms with Crippen LogP contribution in [0.1, 0.15) is 123 Å². The normalized spacial score (nSPS) is 15.4. The van der Waals surface area contributed by atoms with Gasteiger partial charge >= 0.3 is 0 Å². The molecule has 7 heteroatoms. The van der Waals surface area contributed by atoms with E-state index in [4.69, 9.17) is 4.74 Å². The molecule has 6 aromatic carbocycles. The van der Waals surface area contributed by atoms with Crippen molar-refractivity contribution in [3.63, 3.8) is 0 Å². The van der Waals surface area contributed by atoms with Crippen LogP contribution in [0.15, 0.2) is 109 Å². The average Bonchev–Trinajstić information content (AvgIpc) is 3.20. The Labute approximate surface area is 369 Å². The number of ether oxygens (including phenoxy) is 1. The van der Waals surface area contributed by atoms with Crippen molar-refractivity contribution in [2.75, 3.05) is 6.61 Å². The van der Waals surface area contributed by atoms with Crippen LogP contribution in [-0.2, 0) is 17.0 Å². The van der Waals surface area contributed by atoms with E-state index in [1.807, 2.05) is 12.1 Å². The summed E-state index contributed by atoms with van der Waals surface area (Å²) in [7, 11) is 0. The van der Waals surface area contributed by atoms with E-state index in [1.165, 1.54) is 31.7 Å². The molecule has 7 nitrogen and oxygen atoms in total. The molecule has 6 aromatic rings. The number of unbranched alkanes of at least 4 members (excludes halogenated alkanes) is 5. The van der Waals surface area contributed by atoms with Crippen molar-refractivity contribution >= 4 is 0 Å². The van der Waals surface area contributed by atoms with Gasteiger partial charge in [-0.2, -0.15) is 0 Å². The predicted molar refractivity (Wildman–Crippen MR) is 252 cm³/mol. The third-order valence-corrected chi connectivity index (χ3v) is 12.8. The highest BCUT2D eigenvalue weighted by molar-refractivity contribution is 5.61. The van der Waals surface area contributed by atoms with Gasteiger partial charge in [0, 0.05) is 23.3 Å². The number of rotatable bonds is 14. The number of aromatic hydroxyl groups is 3. The van der Waals surface area contributed by atoms with Crippen molar-refractivity contribution < 1.29 is 20.1 Å². The molecule has 1 aliphatic heterocycles. The van der Waals surface area contributed by atoms with Gasteiger partial charge in [-0.1, -0.05) is 134 Å². The van der Waals surface area contributed by atoms with Crippen LogP contribution in [0.5, 0.6) is 23.0 Å². The molecule has 0 saturated carbocycles. The molecule has 1 saturated heterocycles. The Kier molecular flexibility index (Phi) is 12.9. The van der Waals surface area contributed by atoms with Gasteiger partial charge in [0.05, 0.1) is 6.61 Å². The second-order valence-corrected chi connectivity index (χ2v) is 17.9. The smallest absolute Gasteiger partial charge is 0.132 e. The lowest BCUT2D eigenvalue weighted by Crippen LogP contribution is -2.81. The zero-order valence-electron chi connectivity index (χ0n) is 38.1. The third-order valence-electron chi connectivity index (χ3n) is 12.8. The lowest BCUT2D eigenvalue weighted by molar-refractivity contribution is 0.0388. The average molecular weight is 832 g/mol. The zero-order valence-corrected chi connectivity index (χ0v) is 38.1. The molecule has 0 aromatic heterocycles. The molecular formula is C55H65N3O4. The summed E-state index contributed by atoms with van der Waals surface area (Å²) in [4.78, 5) is 0. The van der Waals surface area contributed by atoms with Gasteiger partial charge in [0.25, 0.3) is 0 Å². The maximum Gasteiger partial charge on any atom is 0.132 e. The predicted octanol–water partition coefficient (Wildman–Crippen LogP) is 11.8. The van der Waals surface area contributed by atoms with Crippen LogP contribution in [0.25, 0.3) is 0 Å². The molecule has 6 N–H and O–H groups in total. The van der Waals surface area contributed by atoms with Gasteiger partial charge in [-0.25, -0.2) is 0 Å². The molecule has 0 bridgehead atoms. The molecule has 7 rings (SSSR count). The quantitative estimate of drug-likeness (QED) is 0.0607. The van der Waals surface area contributed by atoms with E-state index in [2.05, 4.69) is 151 Å². The summed E-state index contributed by atoms with van der Waals surface area (Å²) < 4.78 is 6.29. The van der Waals surface area contributed by atoms with Crippen molar-refractivity contribution in [2.45, 2.75) is 118 Å². The van der Waals surface area contributed by atoms with Gasteiger partial charge < -0.3 is 20.1 Å². The van der Waals surface area contributed by atoms with E-state index in [-0.39, 0.29) is 17.2 Å². The highest BCUT2D eigenvalue weighted by atomic mass is 16.5. The first-order valence-corrected chi connectivity index (χ1v) is 22.3. The number of phenols is 3. The fourth-order valence-corrected chi connectivity index (χ4v) is 9.95. The van der Waals surface area contributed by atoms with E-state index >= 15 is 0 Å². The molecule has 62 heavy (non-hydrogen) atoms. The van der Waals surface area contributed by atoms with E-state index in [0.717, 1.165) is 79.6 Å².